The molecule has 0 radical (unpaired) electrons. The van der Waals surface area contributed by atoms with Gasteiger partial charge >= 0.3 is 0 Å². The predicted octanol–water partition coefficient (Wildman–Crippen LogP) is 3.68. The molecule has 0 spiro atoms. The van der Waals surface area contributed by atoms with E-state index in [2.05, 4.69) is 45.6 Å². The number of nitrogens with zero attached hydrogens (tertiary/aromatic N) is 5. The van der Waals surface area contributed by atoms with Crippen molar-refractivity contribution >= 4 is 11.8 Å². The first kappa shape index (κ1) is 21.8. The Morgan fingerprint density at radius 3 is 2.78 bits per heavy atom. The lowest BCUT2D eigenvalue weighted by Crippen LogP contribution is -2.41. The monoisotopic (exact) mass is 431 g/mol. The second-order valence-electron chi connectivity index (χ2n) is 8.95. The smallest absolute Gasteiger partial charge is 0.224 e. The highest BCUT2D eigenvalue weighted by Gasteiger charge is 2.35. The summed E-state index contributed by atoms with van der Waals surface area (Å²) in [6.45, 7) is 5.40. The first-order valence-electron chi connectivity index (χ1n) is 11.0. The molecule has 2 aromatic heterocycles. The first-order chi connectivity index (χ1) is 15.4. The summed E-state index contributed by atoms with van der Waals surface area (Å²) in [5.74, 6) is 1.00. The van der Waals surface area contributed by atoms with Crippen molar-refractivity contribution in [3.63, 3.8) is 0 Å². The normalized spacial score (nSPS) is 19.8. The van der Waals surface area contributed by atoms with Crippen molar-refractivity contribution in [2.75, 3.05) is 17.2 Å². The van der Waals surface area contributed by atoms with E-state index in [-0.39, 0.29) is 17.6 Å². The Morgan fingerprint density at radius 1 is 1.22 bits per heavy atom. The van der Waals surface area contributed by atoms with E-state index in [1.165, 1.54) is 0 Å². The molecular formula is C24H29N7O. The van der Waals surface area contributed by atoms with Crippen molar-refractivity contribution in [3.8, 4) is 17.3 Å². The van der Waals surface area contributed by atoms with E-state index < -0.39 is 0 Å². The summed E-state index contributed by atoms with van der Waals surface area (Å²) in [6.07, 6.45) is 5.58. The number of hydrogen-bond acceptors (Lipinski definition) is 7. The number of hydrogen-bond donors (Lipinski definition) is 3. The van der Waals surface area contributed by atoms with Crippen LogP contribution in [0.3, 0.4) is 0 Å². The molecule has 0 amide bonds. The second-order valence-corrected chi connectivity index (χ2v) is 8.95. The van der Waals surface area contributed by atoms with Crippen LogP contribution in [0.1, 0.15) is 38.7 Å². The maximum absolute atomic E-state index is 10.2. The highest BCUT2D eigenvalue weighted by atomic mass is 16.3. The molecule has 1 aromatic carbocycles. The largest absolute Gasteiger partial charge is 0.393 e. The van der Waals surface area contributed by atoms with Gasteiger partial charge in [-0.25, -0.2) is 4.98 Å². The lowest BCUT2D eigenvalue weighted by molar-refractivity contribution is 0.00926. The van der Waals surface area contributed by atoms with Crippen LogP contribution in [0.5, 0.6) is 0 Å². The molecule has 3 aromatic rings. The quantitative estimate of drug-likeness (QED) is 0.523. The molecule has 4 rings (SSSR count). The molecule has 1 fully saturated rings. The average molecular weight is 432 g/mol. The van der Waals surface area contributed by atoms with Crippen LogP contribution >= 0.6 is 0 Å². The molecule has 0 unspecified atom stereocenters. The number of aliphatic hydroxyl groups is 1. The van der Waals surface area contributed by atoms with Crippen LogP contribution in [0, 0.1) is 16.7 Å². The van der Waals surface area contributed by atoms with Gasteiger partial charge in [0, 0.05) is 24.3 Å². The number of anilines is 2. The van der Waals surface area contributed by atoms with Gasteiger partial charge in [-0.05, 0) is 30.7 Å². The summed E-state index contributed by atoms with van der Waals surface area (Å²) in [4.78, 5) is 8.81. The first-order valence-corrected chi connectivity index (χ1v) is 11.0. The van der Waals surface area contributed by atoms with Crippen molar-refractivity contribution in [2.45, 2.75) is 51.8 Å². The fraction of sp³-hybridized carbons (Fsp3) is 0.417. The van der Waals surface area contributed by atoms with Crippen molar-refractivity contribution in [3.05, 3.63) is 54.4 Å². The molecule has 166 valence electrons. The van der Waals surface area contributed by atoms with Crippen molar-refractivity contribution in [1.29, 1.82) is 5.26 Å². The number of nitrogens with one attached hydrogen (secondary N) is 2. The highest BCUT2D eigenvalue weighted by Crippen LogP contribution is 2.36. The van der Waals surface area contributed by atoms with Crippen LogP contribution in [0.25, 0.3) is 11.3 Å². The minimum absolute atomic E-state index is 0.156. The number of nitriles is 1. The number of aromatic nitrogens is 4. The van der Waals surface area contributed by atoms with Gasteiger partial charge in [-0.3, -0.25) is 4.68 Å². The lowest BCUT2D eigenvalue weighted by Gasteiger charge is -2.40. The molecule has 1 saturated carbocycles. The number of benzene rings is 1. The molecule has 1 aliphatic carbocycles. The van der Waals surface area contributed by atoms with Crippen LogP contribution in [0.4, 0.5) is 11.8 Å². The van der Waals surface area contributed by atoms with Gasteiger partial charge in [0.1, 0.15) is 17.5 Å². The molecule has 2 atom stereocenters. The molecular weight excluding hydrogens is 402 g/mol. The summed E-state index contributed by atoms with van der Waals surface area (Å²) in [6, 6.07) is 14.4. The minimum atomic E-state index is -0.302. The van der Waals surface area contributed by atoms with E-state index in [1.807, 2.05) is 47.3 Å². The van der Waals surface area contributed by atoms with Gasteiger partial charge in [0.15, 0.2) is 0 Å². The molecule has 3 N–H and O–H groups in total. The molecule has 1 aliphatic rings. The molecule has 8 heteroatoms. The van der Waals surface area contributed by atoms with Crippen LogP contribution in [0.2, 0.25) is 0 Å². The second kappa shape index (κ2) is 9.37. The topological polar surface area (TPSA) is 112 Å². The van der Waals surface area contributed by atoms with Crippen molar-refractivity contribution < 1.29 is 5.11 Å². The van der Waals surface area contributed by atoms with Gasteiger partial charge in [-0.2, -0.15) is 15.3 Å². The van der Waals surface area contributed by atoms with E-state index in [0.29, 0.717) is 30.4 Å². The fourth-order valence-electron chi connectivity index (χ4n) is 4.13. The van der Waals surface area contributed by atoms with E-state index >= 15 is 0 Å². The Hall–Kier alpha value is -3.44. The summed E-state index contributed by atoms with van der Waals surface area (Å²) in [5.41, 5.74) is 2.27. The molecule has 0 saturated heterocycles. The predicted molar refractivity (Wildman–Crippen MR) is 124 cm³/mol. The maximum atomic E-state index is 10.2. The summed E-state index contributed by atoms with van der Waals surface area (Å²) >= 11 is 0. The van der Waals surface area contributed by atoms with Gasteiger partial charge in [0.2, 0.25) is 5.95 Å². The van der Waals surface area contributed by atoms with Crippen molar-refractivity contribution in [2.24, 2.45) is 5.41 Å². The fourth-order valence-corrected chi connectivity index (χ4v) is 4.13. The van der Waals surface area contributed by atoms with Gasteiger partial charge in [0.25, 0.3) is 0 Å². The number of rotatable bonds is 7. The lowest BCUT2D eigenvalue weighted by atomic mass is 9.73. The van der Waals surface area contributed by atoms with E-state index in [9.17, 15) is 10.4 Å². The highest BCUT2D eigenvalue weighted by molar-refractivity contribution is 5.58. The third-order valence-corrected chi connectivity index (χ3v) is 6.05. The van der Waals surface area contributed by atoms with Crippen LogP contribution < -0.4 is 10.6 Å². The standard InChI is InChI=1S/C24H29N7O/c1-24(2)14-19(8-9-21(24)32)28-22-18(15-25)16-27-23(29-22)26-11-13-31-12-10-20(30-31)17-6-4-3-5-7-17/h3-7,10,12,16,19,21,32H,8-9,11,13-14H2,1-2H3,(H2,26,27,28,29)/t19-,21+/m1/s1. The molecule has 0 aliphatic heterocycles. The molecule has 0 bridgehead atoms. The Balaban J connectivity index is 1.37. The zero-order valence-electron chi connectivity index (χ0n) is 18.5. The van der Waals surface area contributed by atoms with Gasteiger partial charge in [-0.15, -0.1) is 0 Å². The average Bonchev–Trinajstić information content (AvgIpc) is 3.26. The van der Waals surface area contributed by atoms with Crippen LogP contribution in [-0.2, 0) is 6.54 Å². The van der Waals surface area contributed by atoms with Gasteiger partial charge in [-0.1, -0.05) is 44.2 Å². The van der Waals surface area contributed by atoms with E-state index in [0.717, 1.165) is 30.5 Å². The van der Waals surface area contributed by atoms with Gasteiger partial charge < -0.3 is 15.7 Å². The third kappa shape index (κ3) is 5.06. The molecule has 8 nitrogen and oxygen atoms in total. The Kier molecular flexibility index (Phi) is 6.37. The SMILES string of the molecule is CC1(C)C[C@H](Nc2nc(NCCn3ccc(-c4ccccc4)n3)ncc2C#N)CC[C@@H]1O. The van der Waals surface area contributed by atoms with Crippen molar-refractivity contribution in [1.82, 2.24) is 19.7 Å². The Bertz CT molecular complexity index is 1090. The molecule has 32 heavy (non-hydrogen) atoms. The zero-order chi connectivity index (χ0) is 22.6. The zero-order valence-corrected chi connectivity index (χ0v) is 18.5. The maximum Gasteiger partial charge on any atom is 0.224 e. The van der Waals surface area contributed by atoms with Crippen LogP contribution in [-0.4, -0.2) is 43.5 Å². The summed E-state index contributed by atoms with van der Waals surface area (Å²) in [5, 5.41) is 30.9. The Labute approximate surface area is 188 Å². The molecule has 2 heterocycles. The van der Waals surface area contributed by atoms with E-state index in [4.69, 9.17) is 0 Å². The minimum Gasteiger partial charge on any atom is -0.393 e. The summed E-state index contributed by atoms with van der Waals surface area (Å²) < 4.78 is 1.88. The third-order valence-electron chi connectivity index (χ3n) is 6.05. The Morgan fingerprint density at radius 2 is 2.03 bits per heavy atom. The number of aliphatic hydroxyl groups excluding tert-OH is 1. The van der Waals surface area contributed by atoms with E-state index in [1.54, 1.807) is 6.20 Å². The van der Waals surface area contributed by atoms with Gasteiger partial charge in [0.05, 0.1) is 24.5 Å². The summed E-state index contributed by atoms with van der Waals surface area (Å²) in [7, 11) is 0. The van der Waals surface area contributed by atoms with Crippen LogP contribution in [0.15, 0.2) is 48.8 Å².